The molecule has 30 heavy (non-hydrogen) atoms. The molecule has 0 bridgehead atoms. The van der Waals surface area contributed by atoms with Gasteiger partial charge in [0.05, 0.1) is 30.3 Å². The number of rotatable bonds is 6. The van der Waals surface area contributed by atoms with E-state index in [9.17, 15) is 18.0 Å². The van der Waals surface area contributed by atoms with E-state index in [2.05, 4.69) is 15.6 Å². The van der Waals surface area contributed by atoms with Crippen LogP contribution >= 0.6 is 0 Å². The summed E-state index contributed by atoms with van der Waals surface area (Å²) in [6.45, 7) is 2.48. The van der Waals surface area contributed by atoms with E-state index in [1.807, 2.05) is 6.92 Å². The Bertz CT molecular complexity index is 980. The van der Waals surface area contributed by atoms with Gasteiger partial charge in [-0.2, -0.15) is 4.31 Å². The topological polar surface area (TPSA) is 118 Å². The van der Waals surface area contributed by atoms with Gasteiger partial charge < -0.3 is 15.4 Å². The number of sulfonamides is 1. The van der Waals surface area contributed by atoms with Gasteiger partial charge in [0, 0.05) is 12.7 Å². The molecule has 2 amide bonds. The molecule has 0 saturated carbocycles. The van der Waals surface area contributed by atoms with Crippen LogP contribution in [0.2, 0.25) is 0 Å². The van der Waals surface area contributed by atoms with Crippen molar-refractivity contribution in [2.45, 2.75) is 31.0 Å². The number of amides is 2. The van der Waals surface area contributed by atoms with E-state index in [-0.39, 0.29) is 24.5 Å². The van der Waals surface area contributed by atoms with Crippen molar-refractivity contribution in [1.82, 2.24) is 19.9 Å². The average molecular weight is 433 g/mol. The highest BCUT2D eigenvalue weighted by molar-refractivity contribution is 7.89. The summed E-state index contributed by atoms with van der Waals surface area (Å²) in [7, 11) is -3.79. The molecule has 1 aromatic heterocycles. The Hall–Kier alpha value is -2.82. The van der Waals surface area contributed by atoms with Crippen LogP contribution in [0.25, 0.3) is 0 Å². The summed E-state index contributed by atoms with van der Waals surface area (Å²) in [6.07, 6.45) is 1.24. The maximum Gasteiger partial charge on any atom is 0.309 e. The number of hydrogen-bond donors (Lipinski definition) is 2. The number of aromatic nitrogens is 1. The van der Waals surface area contributed by atoms with Gasteiger partial charge in [0.2, 0.25) is 10.0 Å². The zero-order valence-corrected chi connectivity index (χ0v) is 17.4. The number of carbonyl (C=O) groups is 2. The van der Waals surface area contributed by atoms with Crippen molar-refractivity contribution >= 4 is 21.8 Å². The van der Waals surface area contributed by atoms with Crippen molar-refractivity contribution in [2.75, 3.05) is 19.7 Å². The predicted octanol–water partition coefficient (Wildman–Crippen LogP) is 0.560. The Labute approximate surface area is 175 Å². The summed E-state index contributed by atoms with van der Waals surface area (Å²) in [5, 5.41) is 4.92. The molecule has 0 aliphatic carbocycles. The van der Waals surface area contributed by atoms with Crippen LogP contribution in [0.5, 0.6) is 0 Å². The molecule has 160 valence electrons. The number of aryl methyl sites for hydroxylation is 1. The van der Waals surface area contributed by atoms with Crippen molar-refractivity contribution in [3.05, 3.63) is 59.9 Å². The Kier molecular flexibility index (Phi) is 7.14. The van der Waals surface area contributed by atoms with Gasteiger partial charge in [0.1, 0.15) is 6.23 Å². The van der Waals surface area contributed by atoms with Crippen molar-refractivity contribution in [3.63, 3.8) is 0 Å². The minimum atomic E-state index is -3.79. The molecule has 2 N–H and O–H groups in total. The van der Waals surface area contributed by atoms with Gasteiger partial charge in [0.25, 0.3) is 0 Å². The van der Waals surface area contributed by atoms with Gasteiger partial charge in [-0.3, -0.25) is 14.6 Å². The van der Waals surface area contributed by atoms with Gasteiger partial charge in [0.15, 0.2) is 0 Å². The first-order valence-electron chi connectivity index (χ1n) is 9.54. The van der Waals surface area contributed by atoms with E-state index in [1.165, 1.54) is 4.31 Å². The van der Waals surface area contributed by atoms with Gasteiger partial charge in [-0.1, -0.05) is 23.8 Å². The molecular formula is C20H24N4O5S. The van der Waals surface area contributed by atoms with E-state index >= 15 is 0 Å². The lowest BCUT2D eigenvalue weighted by atomic mass is 10.2. The third-order valence-electron chi connectivity index (χ3n) is 4.58. The van der Waals surface area contributed by atoms with Crippen molar-refractivity contribution in [1.29, 1.82) is 0 Å². The number of hydrogen-bond acceptors (Lipinski definition) is 6. The number of ether oxygens (including phenoxy) is 1. The lowest BCUT2D eigenvalue weighted by Gasteiger charge is -2.34. The van der Waals surface area contributed by atoms with E-state index in [1.54, 1.807) is 48.7 Å². The third-order valence-corrected chi connectivity index (χ3v) is 6.48. The Morgan fingerprint density at radius 2 is 1.87 bits per heavy atom. The molecule has 10 heteroatoms. The maximum atomic E-state index is 13.0. The summed E-state index contributed by atoms with van der Waals surface area (Å²) in [5.74, 6) is -1.70. The van der Waals surface area contributed by atoms with E-state index in [0.29, 0.717) is 18.7 Å². The highest BCUT2D eigenvalue weighted by atomic mass is 32.2. The molecule has 0 spiro atoms. The average Bonchev–Trinajstić information content (AvgIpc) is 2.77. The molecule has 9 nitrogen and oxygen atoms in total. The third kappa shape index (κ3) is 5.41. The predicted molar refractivity (Wildman–Crippen MR) is 109 cm³/mol. The molecule has 0 radical (unpaired) electrons. The van der Waals surface area contributed by atoms with Gasteiger partial charge in [-0.25, -0.2) is 8.42 Å². The van der Waals surface area contributed by atoms with Gasteiger partial charge in [-0.15, -0.1) is 0 Å². The monoisotopic (exact) mass is 432 g/mol. The normalized spacial score (nSPS) is 17.3. The van der Waals surface area contributed by atoms with Crippen LogP contribution in [0, 0.1) is 6.92 Å². The summed E-state index contributed by atoms with van der Waals surface area (Å²) in [6, 6.07) is 11.8. The molecule has 1 aliphatic heterocycles. The largest absolute Gasteiger partial charge is 0.360 e. The fourth-order valence-corrected chi connectivity index (χ4v) is 4.53. The van der Waals surface area contributed by atoms with Crippen molar-refractivity contribution < 1.29 is 22.7 Å². The molecule has 1 saturated heterocycles. The van der Waals surface area contributed by atoms with Crippen LogP contribution in [0.3, 0.4) is 0 Å². The van der Waals surface area contributed by atoms with Crippen LogP contribution in [-0.4, -0.2) is 55.4 Å². The van der Waals surface area contributed by atoms with Crippen LogP contribution in [-0.2, 0) is 30.9 Å². The second kappa shape index (κ2) is 9.79. The fraction of sp³-hybridized carbons (Fsp3) is 0.350. The van der Waals surface area contributed by atoms with Gasteiger partial charge in [-0.05, 0) is 37.6 Å². The Balaban J connectivity index is 1.59. The maximum absolute atomic E-state index is 13.0. The molecule has 1 atom stereocenters. The van der Waals surface area contributed by atoms with E-state index in [0.717, 1.165) is 5.56 Å². The summed E-state index contributed by atoms with van der Waals surface area (Å²) in [5.41, 5.74) is 1.56. The smallest absolute Gasteiger partial charge is 0.309 e. The zero-order valence-electron chi connectivity index (χ0n) is 16.6. The molecular weight excluding hydrogens is 408 g/mol. The minimum absolute atomic E-state index is 0.112. The molecule has 1 aromatic carbocycles. The van der Waals surface area contributed by atoms with Crippen LogP contribution in [0.15, 0.2) is 53.6 Å². The molecule has 0 unspecified atom stereocenters. The highest BCUT2D eigenvalue weighted by Crippen LogP contribution is 2.22. The molecule has 2 aromatic rings. The summed E-state index contributed by atoms with van der Waals surface area (Å²) < 4.78 is 32.8. The summed E-state index contributed by atoms with van der Waals surface area (Å²) >= 11 is 0. The second-order valence-corrected chi connectivity index (χ2v) is 8.71. The first kappa shape index (κ1) is 21.9. The van der Waals surface area contributed by atoms with Crippen molar-refractivity contribution in [2.24, 2.45) is 0 Å². The zero-order chi connectivity index (χ0) is 21.6. The molecule has 1 aliphatic rings. The molecule has 1 fully saturated rings. The highest BCUT2D eigenvalue weighted by Gasteiger charge is 2.34. The molecule has 2 heterocycles. The second-order valence-electron chi connectivity index (χ2n) is 6.82. The Morgan fingerprint density at radius 3 is 2.57 bits per heavy atom. The number of pyridine rings is 1. The number of carbonyl (C=O) groups excluding carboxylic acids is 2. The van der Waals surface area contributed by atoms with Crippen LogP contribution in [0.1, 0.15) is 17.7 Å². The number of nitrogens with one attached hydrogen (secondary N) is 2. The first-order chi connectivity index (χ1) is 14.4. The van der Waals surface area contributed by atoms with Crippen molar-refractivity contribution in [3.8, 4) is 0 Å². The number of benzene rings is 1. The van der Waals surface area contributed by atoms with Gasteiger partial charge >= 0.3 is 11.8 Å². The first-order valence-corrected chi connectivity index (χ1v) is 11.0. The lowest BCUT2D eigenvalue weighted by Crippen LogP contribution is -2.53. The lowest BCUT2D eigenvalue weighted by molar-refractivity contribution is -0.140. The SMILES string of the molecule is Cc1ccc(S(=O)(=O)N2CCCO[C@H]2CNC(=O)C(=O)NCc2ccccn2)cc1. The van der Waals surface area contributed by atoms with E-state index < -0.39 is 28.1 Å². The van der Waals surface area contributed by atoms with Crippen LogP contribution < -0.4 is 10.6 Å². The fourth-order valence-electron chi connectivity index (χ4n) is 2.96. The minimum Gasteiger partial charge on any atom is -0.360 e. The standard InChI is InChI=1S/C20H24N4O5S/c1-15-6-8-17(9-7-15)30(27,28)24-11-4-12-29-18(24)14-23-20(26)19(25)22-13-16-5-2-3-10-21-16/h2-3,5-10,18H,4,11-14H2,1H3,(H,22,25)(H,23,26)/t18-/m0/s1. The quantitative estimate of drug-likeness (QED) is 0.644. The Morgan fingerprint density at radius 1 is 1.13 bits per heavy atom. The summed E-state index contributed by atoms with van der Waals surface area (Å²) in [4.78, 5) is 28.3. The van der Waals surface area contributed by atoms with E-state index in [4.69, 9.17) is 4.74 Å². The van der Waals surface area contributed by atoms with Crippen LogP contribution in [0.4, 0.5) is 0 Å². The molecule has 3 rings (SSSR count). The number of nitrogens with zero attached hydrogens (tertiary/aromatic N) is 2.